The van der Waals surface area contributed by atoms with Crippen LogP contribution in [0.1, 0.15) is 26.9 Å². The topological polar surface area (TPSA) is 145 Å². The lowest BCUT2D eigenvalue weighted by atomic mass is 9.81. The molecule has 1 fully saturated rings. The molecular formula is C23H19Cl2N3O6. The molecule has 0 spiro atoms. The van der Waals surface area contributed by atoms with Crippen molar-refractivity contribution in [1.82, 2.24) is 9.55 Å². The number of anilines is 1. The fourth-order valence-electron chi connectivity index (χ4n) is 3.85. The van der Waals surface area contributed by atoms with Crippen LogP contribution in [0.15, 0.2) is 77.7 Å². The Bertz CT molecular complexity index is 1280. The Morgan fingerprint density at radius 1 is 1.03 bits per heavy atom. The zero-order valence-electron chi connectivity index (χ0n) is 17.4. The van der Waals surface area contributed by atoms with Crippen LogP contribution in [-0.2, 0) is 4.74 Å². The van der Waals surface area contributed by atoms with Crippen LogP contribution in [0.25, 0.3) is 0 Å². The number of benzene rings is 2. The number of aliphatic hydroxyl groups excluding tert-OH is 1. The molecular weight excluding hydrogens is 485 g/mol. The molecule has 1 aliphatic rings. The maximum atomic E-state index is 13.5. The second-order valence-corrected chi connectivity index (χ2v) is 9.10. The van der Waals surface area contributed by atoms with Crippen LogP contribution in [0.3, 0.4) is 0 Å². The van der Waals surface area contributed by atoms with Crippen LogP contribution >= 0.6 is 23.2 Å². The Kier molecular flexibility index (Phi) is 6.32. The van der Waals surface area contributed by atoms with Gasteiger partial charge in [-0.25, -0.2) is 4.79 Å². The number of nitrogen functional groups attached to an aromatic ring is 1. The molecule has 0 saturated carbocycles. The Morgan fingerprint density at radius 3 is 2.15 bits per heavy atom. The van der Waals surface area contributed by atoms with Crippen molar-refractivity contribution in [2.24, 2.45) is 0 Å². The summed E-state index contributed by atoms with van der Waals surface area (Å²) in [5.41, 5.74) is 1.83. The van der Waals surface area contributed by atoms with Gasteiger partial charge in [-0.05, 0) is 6.07 Å². The van der Waals surface area contributed by atoms with Crippen molar-refractivity contribution in [3.63, 3.8) is 0 Å². The number of carbonyl (C=O) groups excluding carboxylic acids is 2. The molecule has 1 aromatic heterocycles. The summed E-state index contributed by atoms with van der Waals surface area (Å²) in [4.78, 5) is 42.6. The van der Waals surface area contributed by atoms with E-state index in [-0.39, 0.29) is 16.9 Å². The second-order valence-electron chi connectivity index (χ2n) is 7.71. The van der Waals surface area contributed by atoms with E-state index in [1.807, 2.05) is 0 Å². The number of rotatable bonds is 6. The predicted octanol–water partition coefficient (Wildman–Crippen LogP) is 1.75. The summed E-state index contributed by atoms with van der Waals surface area (Å²) in [6, 6.07) is 16.5. The lowest BCUT2D eigenvalue weighted by Crippen LogP contribution is -2.61. The Hall–Kier alpha value is -3.08. The minimum Gasteiger partial charge on any atom is -0.383 e. The Labute approximate surface area is 203 Å². The first-order chi connectivity index (χ1) is 16.1. The highest BCUT2D eigenvalue weighted by molar-refractivity contribution is 6.51. The third-order valence-corrected chi connectivity index (χ3v) is 6.56. The molecule has 0 bridgehead atoms. The number of aliphatic hydroxyl groups is 2. The zero-order chi connectivity index (χ0) is 24.7. The summed E-state index contributed by atoms with van der Waals surface area (Å²) in [5, 5.41) is 22.7. The number of hydrogen-bond acceptors (Lipinski definition) is 8. The van der Waals surface area contributed by atoms with Gasteiger partial charge in [-0.1, -0.05) is 83.9 Å². The van der Waals surface area contributed by atoms with Gasteiger partial charge in [0.25, 0.3) is 0 Å². The van der Waals surface area contributed by atoms with E-state index in [0.29, 0.717) is 0 Å². The first kappa shape index (κ1) is 24.1. The Balaban J connectivity index is 1.85. The maximum Gasteiger partial charge on any atom is 0.351 e. The fourth-order valence-corrected chi connectivity index (χ4v) is 4.55. The molecule has 0 amide bonds. The van der Waals surface area contributed by atoms with Gasteiger partial charge in [0.05, 0.1) is 0 Å². The van der Waals surface area contributed by atoms with E-state index in [1.165, 1.54) is 30.3 Å². The van der Waals surface area contributed by atoms with Gasteiger partial charge < -0.3 is 20.7 Å². The third kappa shape index (κ3) is 3.81. The highest BCUT2D eigenvalue weighted by atomic mass is 35.5. The van der Waals surface area contributed by atoms with Gasteiger partial charge >= 0.3 is 5.69 Å². The van der Waals surface area contributed by atoms with E-state index in [9.17, 15) is 24.6 Å². The second kappa shape index (κ2) is 8.94. The number of halogens is 2. The van der Waals surface area contributed by atoms with Crippen molar-refractivity contribution in [2.45, 2.75) is 28.4 Å². The lowest BCUT2D eigenvalue weighted by Gasteiger charge is -2.35. The van der Waals surface area contributed by atoms with E-state index in [4.69, 9.17) is 33.7 Å². The van der Waals surface area contributed by atoms with Gasteiger partial charge in [0.1, 0.15) is 18.0 Å². The van der Waals surface area contributed by atoms with E-state index >= 15 is 0 Å². The molecule has 3 aromatic rings. The number of nitrogens with zero attached hydrogens (tertiary/aromatic N) is 2. The lowest BCUT2D eigenvalue weighted by molar-refractivity contribution is -0.0915. The minimum atomic E-state index is -2.85. The first-order valence-corrected chi connectivity index (χ1v) is 10.8. The standard InChI is InChI=1S/C23H19Cl2N3O6/c24-23(25)20(28-12-11-15(26)27-21(28)32)34-19(17(30)16(29)13-7-3-1-4-8-13)22(23,33)18(31)14-9-5-2-6-10-14/h1-12,17,19-20,30,33H,(H2,26,27,32)/t17?,19-,20-,22-/m1/s1. The molecule has 2 heterocycles. The minimum absolute atomic E-state index is 0.00735. The summed E-state index contributed by atoms with van der Waals surface area (Å²) in [7, 11) is 0. The summed E-state index contributed by atoms with van der Waals surface area (Å²) in [6.07, 6.45) is -4.56. The van der Waals surface area contributed by atoms with Crippen molar-refractivity contribution in [3.8, 4) is 0 Å². The number of ether oxygens (including phenoxy) is 1. The number of ketones is 2. The van der Waals surface area contributed by atoms with Crippen LogP contribution in [0, 0.1) is 0 Å². The molecule has 176 valence electrons. The van der Waals surface area contributed by atoms with E-state index in [0.717, 1.165) is 10.8 Å². The van der Waals surface area contributed by atoms with Crippen molar-refractivity contribution in [3.05, 3.63) is 94.5 Å². The Morgan fingerprint density at radius 2 is 1.59 bits per heavy atom. The SMILES string of the molecule is Nc1ccn([C@@H]2O[C@H](C(O)C(=O)c3ccccc3)[C@](O)(C(=O)c3ccccc3)C2(Cl)Cl)c(=O)n1. The fraction of sp³-hybridized carbons (Fsp3) is 0.217. The monoisotopic (exact) mass is 503 g/mol. The van der Waals surface area contributed by atoms with Gasteiger partial charge in [0, 0.05) is 17.3 Å². The summed E-state index contributed by atoms with van der Waals surface area (Å²) in [6.45, 7) is 0. The average molecular weight is 504 g/mol. The molecule has 9 nitrogen and oxygen atoms in total. The van der Waals surface area contributed by atoms with Crippen molar-refractivity contribution >= 4 is 40.6 Å². The number of aromatic nitrogens is 2. The molecule has 0 aliphatic carbocycles. The quantitative estimate of drug-likeness (QED) is 0.340. The van der Waals surface area contributed by atoms with Gasteiger partial charge in [0.2, 0.25) is 10.1 Å². The van der Waals surface area contributed by atoms with Crippen molar-refractivity contribution in [2.75, 3.05) is 5.73 Å². The largest absolute Gasteiger partial charge is 0.383 e. The van der Waals surface area contributed by atoms with Gasteiger partial charge in [-0.2, -0.15) is 4.98 Å². The molecule has 1 aliphatic heterocycles. The van der Waals surface area contributed by atoms with Gasteiger partial charge in [-0.3, -0.25) is 14.2 Å². The summed E-state index contributed by atoms with van der Waals surface area (Å²) < 4.78 is 4.00. The smallest absolute Gasteiger partial charge is 0.351 e. The molecule has 2 aromatic carbocycles. The first-order valence-electron chi connectivity index (χ1n) is 10.1. The van der Waals surface area contributed by atoms with E-state index < -0.39 is 45.6 Å². The molecule has 4 rings (SSSR count). The molecule has 11 heteroatoms. The van der Waals surface area contributed by atoms with E-state index in [1.54, 1.807) is 36.4 Å². The molecule has 1 unspecified atom stereocenters. The third-order valence-electron chi connectivity index (χ3n) is 5.61. The summed E-state index contributed by atoms with van der Waals surface area (Å²) >= 11 is 13.1. The van der Waals surface area contributed by atoms with Crippen LogP contribution in [0.5, 0.6) is 0 Å². The van der Waals surface area contributed by atoms with Gasteiger partial charge in [0.15, 0.2) is 17.6 Å². The van der Waals surface area contributed by atoms with Crippen LogP contribution in [0.2, 0.25) is 0 Å². The maximum absolute atomic E-state index is 13.5. The highest BCUT2D eigenvalue weighted by Crippen LogP contribution is 2.54. The van der Waals surface area contributed by atoms with Crippen molar-refractivity contribution < 1.29 is 24.5 Å². The molecule has 34 heavy (non-hydrogen) atoms. The van der Waals surface area contributed by atoms with Crippen molar-refractivity contribution in [1.29, 1.82) is 0 Å². The molecule has 4 atom stereocenters. The van der Waals surface area contributed by atoms with Crippen LogP contribution < -0.4 is 11.4 Å². The number of nitrogens with two attached hydrogens (primary N) is 1. The van der Waals surface area contributed by atoms with E-state index in [2.05, 4.69) is 4.98 Å². The number of hydrogen-bond donors (Lipinski definition) is 3. The molecule has 0 radical (unpaired) electrons. The van der Waals surface area contributed by atoms with Crippen LogP contribution in [0.4, 0.5) is 5.82 Å². The van der Waals surface area contributed by atoms with Crippen LogP contribution in [-0.4, -0.2) is 53.5 Å². The summed E-state index contributed by atoms with van der Waals surface area (Å²) in [5.74, 6) is -1.96. The molecule has 1 saturated heterocycles. The zero-order valence-corrected chi connectivity index (χ0v) is 18.9. The molecule has 4 N–H and O–H groups in total. The normalized spacial score (nSPS) is 24.5. The number of alkyl halides is 2. The predicted molar refractivity (Wildman–Crippen MR) is 124 cm³/mol. The number of Topliss-reactive ketones (excluding diaryl/α,β-unsaturated/α-hetero) is 2. The average Bonchev–Trinajstić information content (AvgIpc) is 3.05. The number of carbonyl (C=O) groups is 2. The van der Waals surface area contributed by atoms with Gasteiger partial charge in [-0.15, -0.1) is 0 Å². The highest BCUT2D eigenvalue weighted by Gasteiger charge is 2.72.